The summed E-state index contributed by atoms with van der Waals surface area (Å²) in [4.78, 5) is 0. The number of hydrogen-bond donors (Lipinski definition) is 3. The Labute approximate surface area is 237 Å². The third kappa shape index (κ3) is 5.69. The predicted molar refractivity (Wildman–Crippen MR) is 169 cm³/mol. The van der Waals surface area contributed by atoms with E-state index in [1.165, 1.54) is 22.3 Å². The number of dihydropyridines is 1. The van der Waals surface area contributed by atoms with Gasteiger partial charge in [-0.1, -0.05) is 139 Å². The van der Waals surface area contributed by atoms with Gasteiger partial charge in [-0.3, -0.25) is 5.32 Å². The Morgan fingerprint density at radius 3 is 1.60 bits per heavy atom. The Morgan fingerprint density at radius 1 is 0.575 bits per heavy atom. The summed E-state index contributed by atoms with van der Waals surface area (Å²) in [6.45, 7) is 0. The van der Waals surface area contributed by atoms with Crippen LogP contribution in [0.15, 0.2) is 146 Å². The fourth-order valence-electron chi connectivity index (χ4n) is 5.06. The lowest BCUT2D eigenvalue weighted by atomic mass is 9.92. The molecule has 0 bridgehead atoms. The van der Waals surface area contributed by atoms with Gasteiger partial charge in [-0.2, -0.15) is 0 Å². The van der Waals surface area contributed by atoms with Crippen molar-refractivity contribution in [2.45, 2.75) is 12.3 Å². The molecule has 0 saturated heterocycles. The summed E-state index contributed by atoms with van der Waals surface area (Å²) in [5.74, 6) is 0. The van der Waals surface area contributed by atoms with Gasteiger partial charge in [0.15, 0.2) is 0 Å². The summed E-state index contributed by atoms with van der Waals surface area (Å²) in [6.07, 6.45) is 3.76. The summed E-state index contributed by atoms with van der Waals surface area (Å²) in [5, 5.41) is 7.14. The minimum Gasteiger partial charge on any atom is -0.371 e. The van der Waals surface area contributed by atoms with Gasteiger partial charge in [0.25, 0.3) is 0 Å². The van der Waals surface area contributed by atoms with Gasteiger partial charge in [-0.25, -0.2) is 0 Å². The number of allylic oxidation sites excluding steroid dienone is 2. The van der Waals surface area contributed by atoms with Crippen LogP contribution in [0.1, 0.15) is 22.9 Å². The maximum absolute atomic E-state index is 6.59. The van der Waals surface area contributed by atoms with Crippen molar-refractivity contribution in [2.75, 3.05) is 0 Å². The fraction of sp³-hybridized carbons (Fsp3) is 0.0556. The third-order valence-corrected chi connectivity index (χ3v) is 7.32. The van der Waals surface area contributed by atoms with Gasteiger partial charge in [-0.15, -0.1) is 0 Å². The molecule has 4 N–H and O–H groups in total. The molecular formula is C36H30BN3. The van der Waals surface area contributed by atoms with Gasteiger partial charge in [0.2, 0.25) is 0 Å². The van der Waals surface area contributed by atoms with E-state index >= 15 is 0 Å². The van der Waals surface area contributed by atoms with E-state index in [9.17, 15) is 0 Å². The van der Waals surface area contributed by atoms with Gasteiger partial charge in [0.1, 0.15) is 14.0 Å². The van der Waals surface area contributed by atoms with Gasteiger partial charge in [0.05, 0.1) is 6.17 Å². The number of nitrogens with two attached hydrogens (primary N) is 1. The molecule has 4 heteroatoms. The van der Waals surface area contributed by atoms with Crippen molar-refractivity contribution in [1.82, 2.24) is 10.6 Å². The summed E-state index contributed by atoms with van der Waals surface area (Å²) in [6, 6.07) is 46.0. The van der Waals surface area contributed by atoms with E-state index in [-0.39, 0.29) is 12.3 Å². The molecular weight excluding hydrogens is 485 g/mol. The van der Waals surface area contributed by atoms with Crippen LogP contribution in [-0.4, -0.2) is 14.0 Å². The maximum atomic E-state index is 6.59. The molecule has 2 atom stereocenters. The molecule has 1 aliphatic heterocycles. The van der Waals surface area contributed by atoms with Gasteiger partial charge < -0.3 is 11.1 Å². The van der Waals surface area contributed by atoms with Crippen LogP contribution in [0.5, 0.6) is 0 Å². The molecule has 5 aromatic carbocycles. The van der Waals surface area contributed by atoms with Crippen LogP contribution in [0, 0.1) is 0 Å². The average molecular weight is 515 g/mol. The molecule has 0 saturated carbocycles. The van der Waals surface area contributed by atoms with Crippen LogP contribution in [0.2, 0.25) is 0 Å². The molecule has 2 radical (unpaired) electrons. The van der Waals surface area contributed by atoms with E-state index in [0.29, 0.717) is 0 Å². The third-order valence-electron chi connectivity index (χ3n) is 7.32. The van der Waals surface area contributed by atoms with E-state index < -0.39 is 0 Å². The standard InChI is InChI=1S/C36H30BN3/c37-33-21-19-31(20-22-33)35(38)40-36-34(30-17-15-28(16-18-30)26-9-5-2-6-10-26)23-32(24-39-36)29-13-11-27(12-14-29)25-7-3-1-4-8-25/h1-24,35-36,39-40H,38H2. The number of hydrogen-bond acceptors (Lipinski definition) is 3. The minimum absolute atomic E-state index is 0.178. The van der Waals surface area contributed by atoms with Gasteiger partial charge >= 0.3 is 0 Å². The number of nitrogens with one attached hydrogen (secondary N) is 2. The Morgan fingerprint density at radius 2 is 1.05 bits per heavy atom. The molecule has 192 valence electrons. The molecule has 5 aromatic rings. The topological polar surface area (TPSA) is 50.1 Å². The first-order valence-electron chi connectivity index (χ1n) is 13.5. The molecule has 2 unspecified atom stereocenters. The Kier molecular flexibility index (Phi) is 7.45. The minimum atomic E-state index is -0.370. The molecule has 6 rings (SSSR count). The quantitative estimate of drug-likeness (QED) is 0.173. The first-order chi connectivity index (χ1) is 19.6. The number of rotatable bonds is 7. The van der Waals surface area contributed by atoms with E-state index in [1.807, 2.05) is 36.4 Å². The molecule has 1 heterocycles. The van der Waals surface area contributed by atoms with E-state index in [0.717, 1.165) is 33.3 Å². The maximum Gasteiger partial charge on any atom is 0.113 e. The second-order valence-corrected chi connectivity index (χ2v) is 10.00. The molecule has 0 amide bonds. The second-order valence-electron chi connectivity index (χ2n) is 10.00. The van der Waals surface area contributed by atoms with Crippen LogP contribution in [0.4, 0.5) is 0 Å². The lowest BCUT2D eigenvalue weighted by Gasteiger charge is -2.30. The molecule has 0 fully saturated rings. The van der Waals surface area contributed by atoms with Crippen LogP contribution >= 0.6 is 0 Å². The molecule has 3 nitrogen and oxygen atoms in total. The van der Waals surface area contributed by atoms with Crippen molar-refractivity contribution < 1.29 is 0 Å². The first kappa shape index (κ1) is 25.6. The van der Waals surface area contributed by atoms with Crippen LogP contribution in [-0.2, 0) is 0 Å². The SMILES string of the molecule is [B]c1ccc(C(N)NC2NC=C(c3ccc(-c4ccccc4)cc3)C=C2c2ccc(-c3ccccc3)cc2)cc1. The number of benzene rings is 5. The monoisotopic (exact) mass is 515 g/mol. The largest absolute Gasteiger partial charge is 0.371 e. The van der Waals surface area contributed by atoms with E-state index in [4.69, 9.17) is 13.6 Å². The van der Waals surface area contributed by atoms with E-state index in [1.54, 1.807) is 0 Å². The van der Waals surface area contributed by atoms with Crippen LogP contribution < -0.4 is 21.8 Å². The van der Waals surface area contributed by atoms with Crippen molar-refractivity contribution in [3.63, 3.8) is 0 Å². The van der Waals surface area contributed by atoms with Crippen molar-refractivity contribution in [1.29, 1.82) is 0 Å². The highest BCUT2D eigenvalue weighted by atomic mass is 15.2. The Balaban J connectivity index is 1.31. The predicted octanol–water partition coefficient (Wildman–Crippen LogP) is 6.42. The zero-order valence-corrected chi connectivity index (χ0v) is 22.2. The highest BCUT2D eigenvalue weighted by molar-refractivity contribution is 6.32. The van der Waals surface area contributed by atoms with Crippen LogP contribution in [0.25, 0.3) is 33.4 Å². The molecule has 40 heavy (non-hydrogen) atoms. The van der Waals surface area contributed by atoms with E-state index in [2.05, 4.69) is 120 Å². The van der Waals surface area contributed by atoms with Crippen molar-refractivity contribution >= 4 is 24.5 Å². The second kappa shape index (κ2) is 11.6. The highest BCUT2D eigenvalue weighted by Gasteiger charge is 2.22. The first-order valence-corrected chi connectivity index (χ1v) is 13.5. The molecule has 0 aromatic heterocycles. The van der Waals surface area contributed by atoms with Crippen LogP contribution in [0.3, 0.4) is 0 Å². The van der Waals surface area contributed by atoms with Crippen molar-refractivity contribution in [3.8, 4) is 22.3 Å². The average Bonchev–Trinajstić information content (AvgIpc) is 3.02. The Hall–Kier alpha value is -4.64. The normalized spacial score (nSPS) is 15.5. The molecule has 0 aliphatic carbocycles. The lowest BCUT2D eigenvalue weighted by Crippen LogP contribution is -2.46. The summed E-state index contributed by atoms with van der Waals surface area (Å²) in [5.41, 5.74) is 17.6. The summed E-state index contributed by atoms with van der Waals surface area (Å²) >= 11 is 0. The summed E-state index contributed by atoms with van der Waals surface area (Å²) in [7, 11) is 5.89. The van der Waals surface area contributed by atoms with Crippen molar-refractivity contribution in [3.05, 3.63) is 162 Å². The van der Waals surface area contributed by atoms with Crippen molar-refractivity contribution in [2.24, 2.45) is 5.73 Å². The Bertz CT molecular complexity index is 1620. The van der Waals surface area contributed by atoms with Gasteiger partial charge in [0, 0.05) is 6.20 Å². The lowest BCUT2D eigenvalue weighted by molar-refractivity contribution is 0.475. The smallest absolute Gasteiger partial charge is 0.113 e. The molecule has 1 aliphatic rings. The summed E-state index contributed by atoms with van der Waals surface area (Å²) < 4.78 is 0. The molecule has 0 spiro atoms. The highest BCUT2D eigenvalue weighted by Crippen LogP contribution is 2.31. The zero-order chi connectivity index (χ0) is 27.3. The fourth-order valence-corrected chi connectivity index (χ4v) is 5.06. The zero-order valence-electron chi connectivity index (χ0n) is 22.2. The van der Waals surface area contributed by atoms with Gasteiger partial charge in [-0.05, 0) is 56.2 Å².